The van der Waals surface area contributed by atoms with E-state index in [-0.39, 0.29) is 0 Å². The van der Waals surface area contributed by atoms with Crippen molar-refractivity contribution in [1.29, 1.82) is 0 Å². The smallest absolute Gasteiger partial charge is 0.416 e. The van der Waals surface area contributed by atoms with E-state index in [0.717, 1.165) is 17.8 Å². The Balaban J connectivity index is 1.63. The average Bonchev–Trinajstić information content (AvgIpc) is 3.20. The monoisotopic (exact) mass is 496 g/mol. The summed E-state index contributed by atoms with van der Waals surface area (Å²) in [4.78, 5) is 26.6. The number of anilines is 1. The number of likely N-dealkylation sites (N-methyl/N-ethyl adjacent to an activating group) is 1. The molecule has 11 heteroatoms. The minimum absolute atomic E-state index is 0.519. The van der Waals surface area contributed by atoms with E-state index in [1.807, 2.05) is 17.2 Å². The number of carbonyl (C=O) groups is 1. The van der Waals surface area contributed by atoms with Gasteiger partial charge in [-0.3, -0.25) is 4.79 Å². The number of alkyl halides is 3. The van der Waals surface area contributed by atoms with E-state index >= 15 is 0 Å². The zero-order valence-electron chi connectivity index (χ0n) is 18.3. The maximum Gasteiger partial charge on any atom is 0.416 e. The molecular weight excluding hydrogens is 473 g/mol. The van der Waals surface area contributed by atoms with Gasteiger partial charge in [0.2, 0.25) is 5.95 Å². The van der Waals surface area contributed by atoms with Crippen molar-refractivity contribution < 1.29 is 23.1 Å². The van der Waals surface area contributed by atoms with Crippen LogP contribution in [0.5, 0.6) is 0 Å². The van der Waals surface area contributed by atoms with Gasteiger partial charge in [0.05, 0.1) is 11.3 Å². The lowest BCUT2D eigenvalue weighted by atomic mass is 10.1. The highest BCUT2D eigenvalue weighted by Gasteiger charge is 2.30. The number of benzene rings is 1. The number of thioether (sulfide) groups is 1. The molecule has 0 aliphatic carbocycles. The standard InChI is InChI=1S/C22H23F3N4O2S2/c1-4-29(10-9-17-13-32-20(28-17)33-21(2,3)18(30)31)19-26-11-15(12-27-19)14-5-7-16(8-6-14)22(23,24)25/h5-8,11-13H,4,9-10H2,1-3H3,(H,30,31). The summed E-state index contributed by atoms with van der Waals surface area (Å²) < 4.78 is 38.0. The van der Waals surface area contributed by atoms with Gasteiger partial charge in [-0.05, 0) is 38.5 Å². The molecular formula is C22H23F3N4O2S2. The lowest BCUT2D eigenvalue weighted by Crippen LogP contribution is -2.27. The molecule has 0 aliphatic heterocycles. The SMILES string of the molecule is CCN(CCc1csc(SC(C)(C)C(=O)O)n1)c1ncc(-c2ccc(C(F)(F)F)cc2)cn1. The zero-order chi connectivity index (χ0) is 24.2. The van der Waals surface area contributed by atoms with Gasteiger partial charge in [0.1, 0.15) is 4.75 Å². The third-order valence-corrected chi connectivity index (χ3v) is 7.05. The minimum atomic E-state index is -4.37. The third kappa shape index (κ3) is 6.44. The van der Waals surface area contributed by atoms with Crippen LogP contribution in [0.4, 0.5) is 19.1 Å². The first kappa shape index (κ1) is 25.0. The molecule has 0 amide bonds. The highest BCUT2D eigenvalue weighted by Crippen LogP contribution is 2.35. The summed E-state index contributed by atoms with van der Waals surface area (Å²) in [6, 6.07) is 4.89. The molecule has 0 bridgehead atoms. The molecule has 6 nitrogen and oxygen atoms in total. The Kier molecular flexibility index (Phi) is 7.63. The van der Waals surface area contributed by atoms with Crippen LogP contribution in [0.1, 0.15) is 32.0 Å². The molecule has 0 saturated carbocycles. The molecule has 0 fully saturated rings. The Hall–Kier alpha value is -2.66. The quantitative estimate of drug-likeness (QED) is 0.384. The molecule has 2 heterocycles. The fraction of sp³-hybridized carbons (Fsp3) is 0.364. The number of carboxylic acids is 1. The maximum absolute atomic E-state index is 12.7. The van der Waals surface area contributed by atoms with Gasteiger partial charge in [0, 0.05) is 42.8 Å². The van der Waals surface area contributed by atoms with Gasteiger partial charge in [0.25, 0.3) is 0 Å². The number of thiazole rings is 1. The largest absolute Gasteiger partial charge is 0.480 e. The van der Waals surface area contributed by atoms with Gasteiger partial charge in [-0.25, -0.2) is 15.0 Å². The lowest BCUT2D eigenvalue weighted by Gasteiger charge is -2.20. The van der Waals surface area contributed by atoms with Crippen LogP contribution in [-0.2, 0) is 17.4 Å². The number of hydrogen-bond acceptors (Lipinski definition) is 7. The van der Waals surface area contributed by atoms with Gasteiger partial charge >= 0.3 is 12.1 Å². The Bertz CT molecular complexity index is 1080. The third-order valence-electron chi connectivity index (χ3n) is 4.87. The van der Waals surface area contributed by atoms with Crippen molar-refractivity contribution in [2.75, 3.05) is 18.0 Å². The van der Waals surface area contributed by atoms with Crippen LogP contribution < -0.4 is 4.90 Å². The van der Waals surface area contributed by atoms with E-state index in [9.17, 15) is 23.1 Å². The van der Waals surface area contributed by atoms with Crippen molar-refractivity contribution in [1.82, 2.24) is 15.0 Å². The second-order valence-electron chi connectivity index (χ2n) is 7.70. The molecule has 2 aromatic heterocycles. The topological polar surface area (TPSA) is 79.2 Å². The van der Waals surface area contributed by atoms with E-state index in [2.05, 4.69) is 15.0 Å². The highest BCUT2D eigenvalue weighted by molar-refractivity contribution is 8.02. The van der Waals surface area contributed by atoms with Crippen molar-refractivity contribution in [3.63, 3.8) is 0 Å². The average molecular weight is 497 g/mol. The fourth-order valence-electron chi connectivity index (χ4n) is 2.85. The summed E-state index contributed by atoms with van der Waals surface area (Å²) >= 11 is 2.64. The van der Waals surface area contributed by atoms with Crippen LogP contribution in [0.2, 0.25) is 0 Å². The molecule has 1 aromatic carbocycles. The number of aromatic nitrogens is 3. The van der Waals surface area contributed by atoms with E-state index in [1.165, 1.54) is 35.2 Å². The molecule has 3 rings (SSSR count). The summed E-state index contributed by atoms with van der Waals surface area (Å²) in [5, 5.41) is 11.2. The van der Waals surface area contributed by atoms with Crippen molar-refractivity contribution >= 4 is 35.0 Å². The summed E-state index contributed by atoms with van der Waals surface area (Å²) in [7, 11) is 0. The highest BCUT2D eigenvalue weighted by atomic mass is 32.2. The lowest BCUT2D eigenvalue weighted by molar-refractivity contribution is -0.139. The van der Waals surface area contributed by atoms with Crippen LogP contribution in [0.25, 0.3) is 11.1 Å². The van der Waals surface area contributed by atoms with Gasteiger partial charge < -0.3 is 10.0 Å². The molecule has 0 spiro atoms. The van der Waals surface area contributed by atoms with Gasteiger partial charge in [-0.1, -0.05) is 23.9 Å². The molecule has 176 valence electrons. The summed E-state index contributed by atoms with van der Waals surface area (Å²) in [6.07, 6.45) is -0.537. The summed E-state index contributed by atoms with van der Waals surface area (Å²) in [6.45, 7) is 6.55. The Morgan fingerprint density at radius 3 is 2.30 bits per heavy atom. The Morgan fingerprint density at radius 1 is 1.12 bits per heavy atom. The molecule has 3 aromatic rings. The predicted molar refractivity (Wildman–Crippen MR) is 124 cm³/mol. The van der Waals surface area contributed by atoms with E-state index in [0.29, 0.717) is 40.9 Å². The van der Waals surface area contributed by atoms with E-state index in [1.54, 1.807) is 26.2 Å². The molecule has 1 N–H and O–H groups in total. The second-order valence-corrected chi connectivity index (χ2v) is 10.4. The Labute approximate surface area is 197 Å². The summed E-state index contributed by atoms with van der Waals surface area (Å²) in [5.41, 5.74) is 1.40. The zero-order valence-corrected chi connectivity index (χ0v) is 19.9. The van der Waals surface area contributed by atoms with Crippen LogP contribution in [0, 0.1) is 0 Å². The van der Waals surface area contributed by atoms with Crippen molar-refractivity contribution in [2.24, 2.45) is 0 Å². The van der Waals surface area contributed by atoms with E-state index in [4.69, 9.17) is 0 Å². The van der Waals surface area contributed by atoms with Crippen LogP contribution in [-0.4, -0.2) is 43.9 Å². The molecule has 0 aliphatic rings. The Morgan fingerprint density at radius 2 is 1.76 bits per heavy atom. The van der Waals surface area contributed by atoms with Crippen LogP contribution >= 0.6 is 23.1 Å². The first-order valence-electron chi connectivity index (χ1n) is 10.1. The number of aliphatic carboxylic acids is 1. The predicted octanol–water partition coefficient (Wildman–Crippen LogP) is 5.64. The first-order valence-corrected chi connectivity index (χ1v) is 11.8. The second kappa shape index (κ2) is 10.1. The van der Waals surface area contributed by atoms with Crippen molar-refractivity contribution in [3.8, 4) is 11.1 Å². The maximum atomic E-state index is 12.7. The van der Waals surface area contributed by atoms with Gasteiger partial charge in [-0.2, -0.15) is 13.2 Å². The molecule has 0 atom stereocenters. The molecule has 0 unspecified atom stereocenters. The minimum Gasteiger partial charge on any atom is -0.480 e. The number of hydrogen-bond donors (Lipinski definition) is 1. The van der Waals surface area contributed by atoms with Crippen LogP contribution in [0.15, 0.2) is 46.4 Å². The summed E-state index contributed by atoms with van der Waals surface area (Å²) in [5.74, 6) is -0.372. The van der Waals surface area contributed by atoms with Crippen LogP contribution in [0.3, 0.4) is 0 Å². The fourth-order valence-corrected chi connectivity index (χ4v) is 5.07. The first-order chi connectivity index (χ1) is 15.5. The number of rotatable bonds is 9. The number of nitrogens with zero attached hydrogens (tertiary/aromatic N) is 4. The van der Waals surface area contributed by atoms with Crippen molar-refractivity contribution in [2.45, 2.75) is 42.5 Å². The van der Waals surface area contributed by atoms with E-state index < -0.39 is 22.5 Å². The van der Waals surface area contributed by atoms with Gasteiger partial charge in [0.15, 0.2) is 4.34 Å². The van der Waals surface area contributed by atoms with Gasteiger partial charge in [-0.15, -0.1) is 11.3 Å². The molecule has 0 saturated heterocycles. The molecule has 0 radical (unpaired) electrons. The molecule has 33 heavy (non-hydrogen) atoms. The van der Waals surface area contributed by atoms with Crippen molar-refractivity contribution in [3.05, 3.63) is 53.3 Å². The number of halogens is 3. The number of carboxylic acid groups (broad SMARTS) is 1. The normalized spacial score (nSPS) is 12.1.